The molecule has 6 nitrogen and oxygen atoms in total. The SMILES string of the molecule is Cc1cc(N2CCC(N3CCOCC3)C2)nc(N)n1. The van der Waals surface area contributed by atoms with Crippen LogP contribution in [0.1, 0.15) is 12.1 Å². The van der Waals surface area contributed by atoms with E-state index in [-0.39, 0.29) is 0 Å². The molecule has 0 spiro atoms. The van der Waals surface area contributed by atoms with Gasteiger partial charge in [-0.25, -0.2) is 4.98 Å². The Morgan fingerprint density at radius 2 is 2.05 bits per heavy atom. The van der Waals surface area contributed by atoms with Crippen LogP contribution in [0.2, 0.25) is 0 Å². The van der Waals surface area contributed by atoms with Crippen molar-refractivity contribution in [2.45, 2.75) is 19.4 Å². The Labute approximate surface area is 113 Å². The van der Waals surface area contributed by atoms with Gasteiger partial charge in [-0.15, -0.1) is 0 Å². The van der Waals surface area contributed by atoms with E-state index < -0.39 is 0 Å². The molecule has 3 heterocycles. The molecule has 1 aromatic heterocycles. The molecule has 0 aliphatic carbocycles. The lowest BCUT2D eigenvalue weighted by molar-refractivity contribution is 0.0209. The highest BCUT2D eigenvalue weighted by Crippen LogP contribution is 2.22. The summed E-state index contributed by atoms with van der Waals surface area (Å²) in [5.74, 6) is 1.32. The molecule has 0 aromatic carbocycles. The van der Waals surface area contributed by atoms with Crippen molar-refractivity contribution in [3.63, 3.8) is 0 Å². The number of nitrogens with zero attached hydrogens (tertiary/aromatic N) is 4. The molecule has 2 aliphatic heterocycles. The Balaban J connectivity index is 1.67. The van der Waals surface area contributed by atoms with Gasteiger partial charge in [0.05, 0.1) is 13.2 Å². The second-order valence-corrected chi connectivity index (χ2v) is 5.26. The third kappa shape index (κ3) is 2.79. The van der Waals surface area contributed by atoms with Gasteiger partial charge in [0.2, 0.25) is 5.95 Å². The van der Waals surface area contributed by atoms with E-state index in [1.54, 1.807) is 0 Å². The summed E-state index contributed by atoms with van der Waals surface area (Å²) >= 11 is 0. The molecule has 19 heavy (non-hydrogen) atoms. The Morgan fingerprint density at radius 3 is 2.79 bits per heavy atom. The van der Waals surface area contributed by atoms with Crippen LogP contribution in [0.4, 0.5) is 11.8 Å². The highest BCUT2D eigenvalue weighted by Gasteiger charge is 2.29. The third-order valence-corrected chi connectivity index (χ3v) is 3.91. The molecule has 6 heteroatoms. The molecule has 0 saturated carbocycles. The molecule has 2 fully saturated rings. The lowest BCUT2D eigenvalue weighted by Crippen LogP contribution is -2.44. The summed E-state index contributed by atoms with van der Waals surface area (Å²) in [5.41, 5.74) is 6.66. The fourth-order valence-corrected chi connectivity index (χ4v) is 2.93. The van der Waals surface area contributed by atoms with Crippen LogP contribution in [0.3, 0.4) is 0 Å². The summed E-state index contributed by atoms with van der Waals surface area (Å²) in [6, 6.07) is 2.62. The normalized spacial score (nSPS) is 24.9. The number of hydrogen-bond donors (Lipinski definition) is 1. The predicted molar refractivity (Wildman–Crippen MR) is 74.2 cm³/mol. The van der Waals surface area contributed by atoms with Gasteiger partial charge in [0.15, 0.2) is 0 Å². The highest BCUT2D eigenvalue weighted by molar-refractivity contribution is 5.44. The van der Waals surface area contributed by atoms with Crippen molar-refractivity contribution in [3.8, 4) is 0 Å². The number of aromatic nitrogens is 2. The van der Waals surface area contributed by atoms with Crippen LogP contribution in [0, 0.1) is 6.92 Å². The minimum absolute atomic E-state index is 0.366. The lowest BCUT2D eigenvalue weighted by atomic mass is 10.2. The predicted octanol–water partition coefficient (Wildman–Crippen LogP) is 0.278. The number of hydrogen-bond acceptors (Lipinski definition) is 6. The average molecular weight is 263 g/mol. The number of anilines is 2. The van der Waals surface area contributed by atoms with Gasteiger partial charge < -0.3 is 15.4 Å². The van der Waals surface area contributed by atoms with Crippen molar-refractivity contribution in [1.29, 1.82) is 0 Å². The molecule has 2 saturated heterocycles. The van der Waals surface area contributed by atoms with E-state index in [0.29, 0.717) is 12.0 Å². The maximum absolute atomic E-state index is 5.73. The zero-order chi connectivity index (χ0) is 13.2. The first-order chi connectivity index (χ1) is 9.22. The number of ether oxygens (including phenoxy) is 1. The van der Waals surface area contributed by atoms with Gasteiger partial charge in [-0.2, -0.15) is 4.98 Å². The minimum Gasteiger partial charge on any atom is -0.379 e. The van der Waals surface area contributed by atoms with E-state index in [1.807, 2.05) is 13.0 Å². The van der Waals surface area contributed by atoms with Crippen LogP contribution in [0.5, 0.6) is 0 Å². The molecule has 2 N–H and O–H groups in total. The van der Waals surface area contributed by atoms with Crippen LogP contribution in [0.15, 0.2) is 6.07 Å². The quantitative estimate of drug-likeness (QED) is 0.826. The summed E-state index contributed by atoms with van der Waals surface area (Å²) in [6.07, 6.45) is 1.18. The van der Waals surface area contributed by atoms with Gasteiger partial charge in [-0.3, -0.25) is 4.90 Å². The van der Waals surface area contributed by atoms with Crippen LogP contribution in [-0.4, -0.2) is 60.3 Å². The standard InChI is InChI=1S/C13H21N5O/c1-10-8-12(16-13(14)15-10)18-3-2-11(9-18)17-4-6-19-7-5-17/h8,11H,2-7,9H2,1H3,(H2,14,15,16). The first-order valence-corrected chi connectivity index (χ1v) is 6.90. The van der Waals surface area contributed by atoms with Crippen molar-refractivity contribution in [3.05, 3.63) is 11.8 Å². The summed E-state index contributed by atoms with van der Waals surface area (Å²) in [4.78, 5) is 13.3. The van der Waals surface area contributed by atoms with Gasteiger partial charge in [0.25, 0.3) is 0 Å². The third-order valence-electron chi connectivity index (χ3n) is 3.91. The summed E-state index contributed by atoms with van der Waals surface area (Å²) in [5, 5.41) is 0. The van der Waals surface area contributed by atoms with Crippen molar-refractivity contribution >= 4 is 11.8 Å². The van der Waals surface area contributed by atoms with Crippen molar-refractivity contribution < 1.29 is 4.74 Å². The number of aryl methyl sites for hydroxylation is 1. The molecule has 104 valence electrons. The molecule has 1 unspecified atom stereocenters. The van der Waals surface area contributed by atoms with Crippen molar-refractivity contribution in [2.75, 3.05) is 50.0 Å². The number of nitrogens with two attached hydrogens (primary N) is 1. The number of rotatable bonds is 2. The van der Waals surface area contributed by atoms with E-state index in [1.165, 1.54) is 6.42 Å². The number of morpholine rings is 1. The molecule has 0 radical (unpaired) electrons. The first kappa shape index (κ1) is 12.6. The molecule has 0 bridgehead atoms. The van der Waals surface area contributed by atoms with Crippen molar-refractivity contribution in [1.82, 2.24) is 14.9 Å². The average Bonchev–Trinajstić information content (AvgIpc) is 2.88. The minimum atomic E-state index is 0.366. The van der Waals surface area contributed by atoms with Crippen LogP contribution in [-0.2, 0) is 4.74 Å². The van der Waals surface area contributed by atoms with Crippen LogP contribution < -0.4 is 10.6 Å². The Morgan fingerprint density at radius 1 is 1.26 bits per heavy atom. The monoisotopic (exact) mass is 263 g/mol. The summed E-state index contributed by atoms with van der Waals surface area (Å²) in [6.45, 7) is 7.82. The van der Waals surface area contributed by atoms with Gasteiger partial charge in [0.1, 0.15) is 5.82 Å². The maximum atomic E-state index is 5.73. The second kappa shape index (κ2) is 5.30. The smallest absolute Gasteiger partial charge is 0.222 e. The highest BCUT2D eigenvalue weighted by atomic mass is 16.5. The Hall–Kier alpha value is -1.40. The van der Waals surface area contributed by atoms with Gasteiger partial charge in [-0.05, 0) is 13.3 Å². The van der Waals surface area contributed by atoms with Crippen LogP contribution in [0.25, 0.3) is 0 Å². The molecule has 0 amide bonds. The van der Waals surface area contributed by atoms with Crippen molar-refractivity contribution in [2.24, 2.45) is 0 Å². The molecule has 3 rings (SSSR count). The molecule has 2 aliphatic rings. The zero-order valence-corrected chi connectivity index (χ0v) is 11.4. The fraction of sp³-hybridized carbons (Fsp3) is 0.692. The van der Waals surface area contributed by atoms with E-state index in [0.717, 1.165) is 50.9 Å². The van der Waals surface area contributed by atoms with E-state index in [4.69, 9.17) is 10.5 Å². The largest absolute Gasteiger partial charge is 0.379 e. The molecule has 1 atom stereocenters. The van der Waals surface area contributed by atoms with Gasteiger partial charge >= 0.3 is 0 Å². The molecule has 1 aromatic rings. The van der Waals surface area contributed by atoms with E-state index >= 15 is 0 Å². The molecular formula is C13H21N5O. The van der Waals surface area contributed by atoms with Crippen LogP contribution >= 0.6 is 0 Å². The zero-order valence-electron chi connectivity index (χ0n) is 11.4. The summed E-state index contributed by atoms with van der Waals surface area (Å²) < 4.78 is 5.41. The van der Waals surface area contributed by atoms with E-state index in [9.17, 15) is 0 Å². The lowest BCUT2D eigenvalue weighted by Gasteiger charge is -2.32. The Kier molecular flexibility index (Phi) is 3.52. The van der Waals surface area contributed by atoms with E-state index in [2.05, 4.69) is 19.8 Å². The number of nitrogen functional groups attached to an aromatic ring is 1. The summed E-state index contributed by atoms with van der Waals surface area (Å²) in [7, 11) is 0. The maximum Gasteiger partial charge on any atom is 0.222 e. The van der Waals surface area contributed by atoms with Gasteiger partial charge in [-0.1, -0.05) is 0 Å². The fourth-order valence-electron chi connectivity index (χ4n) is 2.93. The Bertz CT molecular complexity index is 426. The second-order valence-electron chi connectivity index (χ2n) is 5.26. The first-order valence-electron chi connectivity index (χ1n) is 6.90. The van der Waals surface area contributed by atoms with Gasteiger partial charge in [0, 0.05) is 44.0 Å². The topological polar surface area (TPSA) is 67.5 Å². The molecular weight excluding hydrogens is 242 g/mol.